The van der Waals surface area contributed by atoms with Gasteiger partial charge in [-0.2, -0.15) is 0 Å². The van der Waals surface area contributed by atoms with Crippen LogP contribution in [-0.2, 0) is 14.7 Å². The lowest BCUT2D eigenvalue weighted by molar-refractivity contribution is -0.149. The highest BCUT2D eigenvalue weighted by molar-refractivity contribution is 7.92. The van der Waals surface area contributed by atoms with E-state index in [4.69, 9.17) is 10.6 Å². The lowest BCUT2D eigenvalue weighted by Gasteiger charge is -2.21. The summed E-state index contributed by atoms with van der Waals surface area (Å²) in [6, 6.07) is 6.05. The fourth-order valence-corrected chi connectivity index (χ4v) is 3.03. The molecule has 1 aromatic carbocycles. The van der Waals surface area contributed by atoms with Gasteiger partial charge < -0.3 is 5.73 Å². The maximum atomic E-state index is 12.1. The van der Waals surface area contributed by atoms with Gasteiger partial charge in [0.25, 0.3) is 5.91 Å². The van der Waals surface area contributed by atoms with Gasteiger partial charge in [0.05, 0.1) is 16.3 Å². The Labute approximate surface area is 146 Å². The molecule has 2 N–H and O–H groups in total. The van der Waals surface area contributed by atoms with E-state index in [1.165, 1.54) is 37.8 Å². The molecule has 1 amide bonds. The van der Waals surface area contributed by atoms with Crippen LogP contribution in [0.5, 0.6) is 0 Å². The van der Waals surface area contributed by atoms with Crippen molar-refractivity contribution in [3.8, 4) is 0 Å². The molecule has 25 heavy (non-hydrogen) atoms. The number of sulfone groups is 1. The van der Waals surface area contributed by atoms with E-state index in [9.17, 15) is 13.2 Å². The Morgan fingerprint density at radius 1 is 1.20 bits per heavy atom. The summed E-state index contributed by atoms with van der Waals surface area (Å²) in [7, 11) is -1.94. The highest BCUT2D eigenvalue weighted by Crippen LogP contribution is 2.20. The molecule has 8 nitrogen and oxygen atoms in total. The first kappa shape index (κ1) is 19.0. The van der Waals surface area contributed by atoms with E-state index in [2.05, 4.69) is 9.97 Å². The summed E-state index contributed by atoms with van der Waals surface area (Å²) < 4.78 is 24.2. The normalized spacial score (nSPS) is 12.8. The quantitative estimate of drug-likeness (QED) is 0.607. The third-order valence-corrected chi connectivity index (χ3v) is 5.67. The van der Waals surface area contributed by atoms with E-state index in [-0.39, 0.29) is 10.6 Å². The van der Waals surface area contributed by atoms with Gasteiger partial charge >= 0.3 is 0 Å². The lowest BCUT2D eigenvalue weighted by Crippen LogP contribution is -2.32. The zero-order chi connectivity index (χ0) is 18.6. The first-order valence-electron chi connectivity index (χ1n) is 7.53. The second-order valence-electron chi connectivity index (χ2n) is 5.58. The topological polar surface area (TPSA) is 115 Å². The van der Waals surface area contributed by atoms with Crippen molar-refractivity contribution in [2.45, 2.75) is 30.2 Å². The molecule has 1 atom stereocenters. The lowest BCUT2D eigenvalue weighted by atomic mass is 10.2. The first-order valence-corrected chi connectivity index (χ1v) is 9.08. The van der Waals surface area contributed by atoms with Crippen molar-refractivity contribution in [2.75, 3.05) is 7.05 Å². The number of nitrogens with two attached hydrogens (primary N) is 1. The maximum absolute atomic E-state index is 12.1. The minimum absolute atomic E-state index is 0.121. The number of carbonyl (C=O) groups excluding carboxylic acids is 1. The molecule has 1 aromatic heterocycles. The van der Waals surface area contributed by atoms with Crippen LogP contribution < -0.4 is 5.73 Å². The van der Waals surface area contributed by atoms with E-state index in [0.29, 0.717) is 5.56 Å². The van der Waals surface area contributed by atoms with E-state index in [0.717, 1.165) is 5.06 Å². The number of hydroxylamine groups is 2. The second-order valence-corrected chi connectivity index (χ2v) is 8.09. The second kappa shape index (κ2) is 7.68. The highest BCUT2D eigenvalue weighted by atomic mass is 32.2. The van der Waals surface area contributed by atoms with Gasteiger partial charge in [-0.25, -0.2) is 23.3 Å². The molecule has 1 heterocycles. The molecule has 0 bridgehead atoms. The molecule has 2 rings (SSSR count). The Kier molecular flexibility index (Phi) is 5.83. The van der Waals surface area contributed by atoms with Crippen LogP contribution in [0.4, 0.5) is 0 Å². The highest BCUT2D eigenvalue weighted by Gasteiger charge is 2.21. The number of benzene rings is 1. The van der Waals surface area contributed by atoms with Crippen molar-refractivity contribution < 1.29 is 18.0 Å². The molecule has 0 fully saturated rings. The SMILES string of the molecule is CC(C)S(=O)(=O)c1ccc(C(N)ON(C)C(=O)c2cnccn2)cc1. The Bertz CT molecular complexity index is 823. The molecule has 0 aliphatic rings. The fourth-order valence-electron chi connectivity index (χ4n) is 1.97. The predicted octanol–water partition coefficient (Wildman–Crippen LogP) is 1.32. The van der Waals surface area contributed by atoms with Crippen molar-refractivity contribution in [1.29, 1.82) is 0 Å². The summed E-state index contributed by atoms with van der Waals surface area (Å²) in [5.41, 5.74) is 6.58. The molecular formula is C16H20N4O4S. The zero-order valence-electron chi connectivity index (χ0n) is 14.2. The molecule has 0 saturated carbocycles. The number of carbonyl (C=O) groups is 1. The van der Waals surface area contributed by atoms with Gasteiger partial charge in [-0.3, -0.25) is 9.78 Å². The summed E-state index contributed by atoms with van der Waals surface area (Å²) in [6.45, 7) is 3.23. The van der Waals surface area contributed by atoms with E-state index in [1.807, 2.05) is 0 Å². The molecule has 9 heteroatoms. The average Bonchev–Trinajstić information content (AvgIpc) is 2.61. The summed E-state index contributed by atoms with van der Waals surface area (Å²) >= 11 is 0. The number of aromatic nitrogens is 2. The number of hydrogen-bond acceptors (Lipinski definition) is 7. The zero-order valence-corrected chi connectivity index (χ0v) is 15.0. The van der Waals surface area contributed by atoms with Gasteiger partial charge in [-0.05, 0) is 31.5 Å². The Morgan fingerprint density at radius 3 is 2.36 bits per heavy atom. The van der Waals surface area contributed by atoms with Gasteiger partial charge in [0.15, 0.2) is 16.1 Å². The molecule has 134 valence electrons. The number of rotatable bonds is 6. The molecule has 0 spiro atoms. The molecular weight excluding hydrogens is 344 g/mol. The van der Waals surface area contributed by atoms with Crippen LogP contribution in [0.3, 0.4) is 0 Å². The summed E-state index contributed by atoms with van der Waals surface area (Å²) in [5.74, 6) is -0.498. The third-order valence-electron chi connectivity index (χ3n) is 3.50. The minimum atomic E-state index is -3.35. The Balaban J connectivity index is 2.08. The van der Waals surface area contributed by atoms with E-state index in [1.54, 1.807) is 26.0 Å². The molecule has 0 saturated heterocycles. The van der Waals surface area contributed by atoms with Gasteiger partial charge in [0, 0.05) is 19.4 Å². The van der Waals surface area contributed by atoms with Crippen LogP contribution >= 0.6 is 0 Å². The van der Waals surface area contributed by atoms with Crippen LogP contribution in [0.15, 0.2) is 47.8 Å². The average molecular weight is 364 g/mol. The number of hydrogen-bond donors (Lipinski definition) is 1. The van der Waals surface area contributed by atoms with Crippen molar-refractivity contribution >= 4 is 15.7 Å². The Hall–Kier alpha value is -2.36. The van der Waals surface area contributed by atoms with E-state index >= 15 is 0 Å². The molecule has 0 radical (unpaired) electrons. The smallest absolute Gasteiger partial charge is 0.297 e. The van der Waals surface area contributed by atoms with Crippen molar-refractivity contribution in [3.63, 3.8) is 0 Å². The molecule has 0 aliphatic carbocycles. The largest absolute Gasteiger partial charge is 0.300 e. The van der Waals surface area contributed by atoms with Crippen LogP contribution in [0.25, 0.3) is 0 Å². The third kappa shape index (κ3) is 4.38. The summed E-state index contributed by atoms with van der Waals surface area (Å²) in [4.78, 5) is 25.4. The van der Waals surface area contributed by atoms with E-state index < -0.39 is 27.2 Å². The predicted molar refractivity (Wildman–Crippen MR) is 90.9 cm³/mol. The first-order chi connectivity index (χ1) is 11.7. The minimum Gasteiger partial charge on any atom is -0.300 e. The van der Waals surface area contributed by atoms with Gasteiger partial charge in [-0.1, -0.05) is 12.1 Å². The standard InChI is InChI=1S/C16H20N4O4S/c1-11(2)25(22,23)13-6-4-12(5-7-13)15(17)24-20(3)16(21)14-10-18-8-9-19-14/h4-11,15H,17H2,1-3H3. The van der Waals surface area contributed by atoms with Gasteiger partial charge in [-0.15, -0.1) is 0 Å². The summed E-state index contributed by atoms with van der Waals surface area (Å²) in [5, 5.41) is 0.451. The molecule has 0 aliphatic heterocycles. The van der Waals surface area contributed by atoms with Gasteiger partial charge in [0.1, 0.15) is 5.69 Å². The van der Waals surface area contributed by atoms with Crippen molar-refractivity contribution in [1.82, 2.24) is 15.0 Å². The monoisotopic (exact) mass is 364 g/mol. The molecule has 1 unspecified atom stereocenters. The molecule has 2 aromatic rings. The van der Waals surface area contributed by atoms with Crippen LogP contribution in [0.2, 0.25) is 0 Å². The van der Waals surface area contributed by atoms with Crippen LogP contribution in [0, 0.1) is 0 Å². The van der Waals surface area contributed by atoms with Crippen molar-refractivity contribution in [2.24, 2.45) is 5.73 Å². The number of amides is 1. The van der Waals surface area contributed by atoms with Gasteiger partial charge in [0.2, 0.25) is 0 Å². The summed E-state index contributed by atoms with van der Waals surface area (Å²) in [6.07, 6.45) is 3.23. The van der Waals surface area contributed by atoms with Crippen LogP contribution in [-0.4, -0.2) is 41.7 Å². The number of nitrogens with zero attached hydrogens (tertiary/aromatic N) is 3. The fraction of sp³-hybridized carbons (Fsp3) is 0.312. The Morgan fingerprint density at radius 2 is 1.84 bits per heavy atom. The maximum Gasteiger partial charge on any atom is 0.297 e. The van der Waals surface area contributed by atoms with Crippen molar-refractivity contribution in [3.05, 3.63) is 54.1 Å². The van der Waals surface area contributed by atoms with Crippen LogP contribution in [0.1, 0.15) is 36.1 Å².